The van der Waals surface area contributed by atoms with E-state index < -0.39 is 0 Å². The summed E-state index contributed by atoms with van der Waals surface area (Å²) in [7, 11) is 1.75. The van der Waals surface area contributed by atoms with Crippen LogP contribution in [-0.2, 0) is 7.05 Å². The van der Waals surface area contributed by atoms with Crippen molar-refractivity contribution in [2.24, 2.45) is 7.05 Å². The Labute approximate surface area is 72.1 Å². The van der Waals surface area contributed by atoms with E-state index in [1.807, 2.05) is 20.8 Å². The van der Waals surface area contributed by atoms with Crippen LogP contribution < -0.4 is 5.56 Å². The second-order valence-electron chi connectivity index (χ2n) is 3.28. The van der Waals surface area contributed by atoms with Crippen molar-refractivity contribution in [2.75, 3.05) is 0 Å². The molecule has 0 aliphatic carbocycles. The van der Waals surface area contributed by atoms with Crippen LogP contribution in [0.1, 0.15) is 31.2 Å². The Morgan fingerprint density at radius 2 is 2.08 bits per heavy atom. The standard InChI is InChI=1S/C9H14N2O/c1-6(2)8-5-10-7(3)11(4)9(8)12/h5-6H,1-4H3. The van der Waals surface area contributed by atoms with E-state index in [9.17, 15) is 4.79 Å². The van der Waals surface area contributed by atoms with E-state index in [4.69, 9.17) is 0 Å². The Hall–Kier alpha value is -1.12. The maximum absolute atomic E-state index is 11.6. The quantitative estimate of drug-likeness (QED) is 0.628. The third kappa shape index (κ3) is 1.40. The van der Waals surface area contributed by atoms with Crippen LogP contribution in [0.4, 0.5) is 0 Å². The van der Waals surface area contributed by atoms with Crippen molar-refractivity contribution in [3.63, 3.8) is 0 Å². The van der Waals surface area contributed by atoms with Gasteiger partial charge in [-0.15, -0.1) is 0 Å². The highest BCUT2D eigenvalue weighted by Gasteiger charge is 2.07. The first-order chi connectivity index (χ1) is 5.54. The van der Waals surface area contributed by atoms with Crippen molar-refractivity contribution in [1.82, 2.24) is 9.55 Å². The summed E-state index contributed by atoms with van der Waals surface area (Å²) >= 11 is 0. The number of hydrogen-bond donors (Lipinski definition) is 0. The molecule has 1 aromatic rings. The van der Waals surface area contributed by atoms with E-state index in [0.29, 0.717) is 0 Å². The third-order valence-corrected chi connectivity index (χ3v) is 2.05. The van der Waals surface area contributed by atoms with Gasteiger partial charge in [0.1, 0.15) is 5.82 Å². The molecule has 66 valence electrons. The van der Waals surface area contributed by atoms with Gasteiger partial charge in [-0.1, -0.05) is 13.8 Å². The molecule has 0 saturated carbocycles. The summed E-state index contributed by atoms with van der Waals surface area (Å²) < 4.78 is 1.58. The first-order valence-electron chi connectivity index (χ1n) is 4.06. The van der Waals surface area contributed by atoms with E-state index in [-0.39, 0.29) is 11.5 Å². The number of aryl methyl sites for hydroxylation is 1. The molecule has 3 heteroatoms. The highest BCUT2D eigenvalue weighted by Crippen LogP contribution is 2.07. The van der Waals surface area contributed by atoms with E-state index in [1.54, 1.807) is 17.8 Å². The molecule has 0 aliphatic heterocycles. The van der Waals surface area contributed by atoms with Gasteiger partial charge in [0.25, 0.3) is 5.56 Å². The van der Waals surface area contributed by atoms with Gasteiger partial charge in [0.15, 0.2) is 0 Å². The summed E-state index contributed by atoms with van der Waals surface area (Å²) in [6.45, 7) is 5.81. The van der Waals surface area contributed by atoms with Gasteiger partial charge in [-0.25, -0.2) is 4.98 Å². The molecule has 0 N–H and O–H groups in total. The summed E-state index contributed by atoms with van der Waals surface area (Å²) in [5.41, 5.74) is 0.848. The van der Waals surface area contributed by atoms with Gasteiger partial charge in [-0.3, -0.25) is 9.36 Å². The van der Waals surface area contributed by atoms with Gasteiger partial charge in [0.05, 0.1) is 0 Å². The number of nitrogens with zero attached hydrogens (tertiary/aromatic N) is 2. The Balaban J connectivity index is 3.37. The monoisotopic (exact) mass is 166 g/mol. The molecule has 0 radical (unpaired) electrons. The van der Waals surface area contributed by atoms with Crippen molar-refractivity contribution >= 4 is 0 Å². The molecular weight excluding hydrogens is 152 g/mol. The molecule has 0 unspecified atom stereocenters. The summed E-state index contributed by atoms with van der Waals surface area (Å²) in [5, 5.41) is 0. The van der Waals surface area contributed by atoms with Gasteiger partial charge in [0, 0.05) is 18.8 Å². The van der Waals surface area contributed by atoms with E-state index in [0.717, 1.165) is 11.4 Å². The van der Waals surface area contributed by atoms with Gasteiger partial charge in [-0.2, -0.15) is 0 Å². The molecule has 1 rings (SSSR count). The molecule has 0 fully saturated rings. The second kappa shape index (κ2) is 3.09. The Morgan fingerprint density at radius 3 is 2.58 bits per heavy atom. The zero-order chi connectivity index (χ0) is 9.30. The maximum atomic E-state index is 11.6. The minimum atomic E-state index is 0.0671. The molecular formula is C9H14N2O. The van der Waals surface area contributed by atoms with Crippen LogP contribution in [0.15, 0.2) is 11.0 Å². The maximum Gasteiger partial charge on any atom is 0.256 e. The Bertz CT molecular complexity index is 339. The molecule has 1 aromatic heterocycles. The first-order valence-corrected chi connectivity index (χ1v) is 4.06. The topological polar surface area (TPSA) is 34.9 Å². The number of rotatable bonds is 1. The lowest BCUT2D eigenvalue weighted by Gasteiger charge is -2.07. The van der Waals surface area contributed by atoms with Crippen LogP contribution in [0.2, 0.25) is 0 Å². The van der Waals surface area contributed by atoms with Crippen LogP contribution in [0.3, 0.4) is 0 Å². The average molecular weight is 166 g/mol. The van der Waals surface area contributed by atoms with Gasteiger partial charge >= 0.3 is 0 Å². The summed E-state index contributed by atoms with van der Waals surface area (Å²) in [6.07, 6.45) is 1.67. The SMILES string of the molecule is Cc1ncc(C(C)C)c(=O)n1C. The molecule has 1 heterocycles. The smallest absolute Gasteiger partial charge is 0.256 e. The highest BCUT2D eigenvalue weighted by molar-refractivity contribution is 5.10. The summed E-state index contributed by atoms with van der Waals surface area (Å²) in [4.78, 5) is 15.7. The van der Waals surface area contributed by atoms with Crippen LogP contribution >= 0.6 is 0 Å². The summed E-state index contributed by atoms with van der Waals surface area (Å²) in [5.74, 6) is 1.00. The highest BCUT2D eigenvalue weighted by atomic mass is 16.1. The molecule has 0 atom stereocenters. The summed E-state index contributed by atoms with van der Waals surface area (Å²) in [6, 6.07) is 0. The predicted octanol–water partition coefficient (Wildman–Crippen LogP) is 1.21. The first kappa shape index (κ1) is 8.97. The van der Waals surface area contributed by atoms with Gasteiger partial charge < -0.3 is 0 Å². The van der Waals surface area contributed by atoms with Gasteiger partial charge in [0.2, 0.25) is 0 Å². The molecule has 0 saturated heterocycles. The van der Waals surface area contributed by atoms with Crippen LogP contribution in [-0.4, -0.2) is 9.55 Å². The van der Waals surface area contributed by atoms with Gasteiger partial charge in [-0.05, 0) is 12.8 Å². The zero-order valence-electron chi connectivity index (χ0n) is 7.96. The second-order valence-corrected chi connectivity index (χ2v) is 3.28. The lowest BCUT2D eigenvalue weighted by atomic mass is 10.1. The molecule has 12 heavy (non-hydrogen) atoms. The van der Waals surface area contributed by atoms with E-state index >= 15 is 0 Å². The molecule has 0 spiro atoms. The fraction of sp³-hybridized carbons (Fsp3) is 0.556. The average Bonchev–Trinajstić information content (AvgIpc) is 2.00. The molecule has 0 aliphatic rings. The number of aromatic nitrogens is 2. The minimum absolute atomic E-state index is 0.0671. The number of hydrogen-bond acceptors (Lipinski definition) is 2. The van der Waals surface area contributed by atoms with Crippen molar-refractivity contribution in [1.29, 1.82) is 0 Å². The zero-order valence-corrected chi connectivity index (χ0v) is 7.96. The van der Waals surface area contributed by atoms with Crippen molar-refractivity contribution in [3.05, 3.63) is 27.9 Å². The third-order valence-electron chi connectivity index (χ3n) is 2.05. The molecule has 0 amide bonds. The molecule has 0 bridgehead atoms. The van der Waals surface area contributed by atoms with Crippen molar-refractivity contribution in [2.45, 2.75) is 26.7 Å². The fourth-order valence-corrected chi connectivity index (χ4v) is 1.04. The van der Waals surface area contributed by atoms with Crippen molar-refractivity contribution < 1.29 is 0 Å². The fourth-order valence-electron chi connectivity index (χ4n) is 1.04. The molecule has 3 nitrogen and oxygen atoms in total. The predicted molar refractivity (Wildman–Crippen MR) is 48.3 cm³/mol. The Kier molecular flexibility index (Phi) is 2.31. The largest absolute Gasteiger partial charge is 0.300 e. The van der Waals surface area contributed by atoms with Crippen molar-refractivity contribution in [3.8, 4) is 0 Å². The molecule has 0 aromatic carbocycles. The van der Waals surface area contributed by atoms with E-state index in [2.05, 4.69) is 4.98 Å². The van der Waals surface area contributed by atoms with Crippen LogP contribution in [0.5, 0.6) is 0 Å². The normalized spacial score (nSPS) is 10.8. The lowest BCUT2D eigenvalue weighted by Crippen LogP contribution is -2.24. The Morgan fingerprint density at radius 1 is 1.50 bits per heavy atom. The lowest BCUT2D eigenvalue weighted by molar-refractivity contribution is 0.724. The van der Waals surface area contributed by atoms with Crippen LogP contribution in [0.25, 0.3) is 0 Å². The van der Waals surface area contributed by atoms with E-state index in [1.165, 1.54) is 0 Å². The minimum Gasteiger partial charge on any atom is -0.300 e. The van der Waals surface area contributed by atoms with Crippen LogP contribution in [0, 0.1) is 6.92 Å².